The van der Waals surface area contributed by atoms with Gasteiger partial charge in [0, 0.05) is 24.4 Å². The van der Waals surface area contributed by atoms with Gasteiger partial charge in [0.1, 0.15) is 0 Å². The summed E-state index contributed by atoms with van der Waals surface area (Å²) in [4.78, 5) is 15.1. The summed E-state index contributed by atoms with van der Waals surface area (Å²) < 4.78 is 25.0. The molecule has 1 amide bonds. The lowest BCUT2D eigenvalue weighted by Gasteiger charge is -2.21. The Morgan fingerprint density at radius 2 is 2.00 bits per heavy atom. The lowest BCUT2D eigenvalue weighted by Crippen LogP contribution is -2.34. The molecule has 1 saturated carbocycles. The van der Waals surface area contributed by atoms with Crippen LogP contribution in [-0.2, 0) is 14.6 Å². The van der Waals surface area contributed by atoms with Gasteiger partial charge in [-0.2, -0.15) is 0 Å². The fourth-order valence-electron chi connectivity index (χ4n) is 3.58. The molecular weight excluding hydrogens is 318 g/mol. The lowest BCUT2D eigenvalue weighted by atomic mass is 10.0. The van der Waals surface area contributed by atoms with Crippen molar-refractivity contribution in [2.24, 2.45) is 5.92 Å². The van der Waals surface area contributed by atoms with E-state index in [9.17, 15) is 13.2 Å². The Morgan fingerprint density at radius 1 is 1.23 bits per heavy atom. The maximum absolute atomic E-state index is 12.5. The van der Waals surface area contributed by atoms with Crippen molar-refractivity contribution in [3.63, 3.8) is 0 Å². The predicted molar refractivity (Wildman–Crippen MR) is 88.6 cm³/mol. The first-order valence-electron chi connectivity index (χ1n) is 8.09. The van der Waals surface area contributed by atoms with Gasteiger partial charge in [0.15, 0.2) is 9.84 Å². The van der Waals surface area contributed by atoms with Gasteiger partial charge in [-0.05, 0) is 36.6 Å². The highest BCUT2D eigenvalue weighted by atomic mass is 32.2. The molecule has 1 aliphatic carbocycles. The van der Waals surface area contributed by atoms with Crippen LogP contribution in [0.3, 0.4) is 0 Å². The number of rotatable bonds is 3. The summed E-state index contributed by atoms with van der Waals surface area (Å²) in [6.45, 7) is 0.920. The molecule has 1 saturated heterocycles. The molecule has 4 nitrogen and oxygen atoms in total. The van der Waals surface area contributed by atoms with E-state index in [0.29, 0.717) is 31.8 Å². The second-order valence-electron chi connectivity index (χ2n) is 6.40. The second kappa shape index (κ2) is 6.71. The Bertz CT molecular complexity index is 603. The molecule has 1 aromatic rings. The number of hydrogen-bond donors (Lipinski definition) is 0. The molecule has 6 heteroatoms. The third-order valence-corrected chi connectivity index (χ3v) is 8.14. The standard InChI is InChI=1S/C16H23NO3S2/c18-16(12-13-4-1-2-5-13)17-8-7-15(14-6-3-10-21-14)22(19,20)11-9-17/h3,6,10,13,15H,1-2,4-5,7-9,11-12H2. The van der Waals surface area contributed by atoms with E-state index in [1.165, 1.54) is 24.2 Å². The number of thiophene rings is 1. The van der Waals surface area contributed by atoms with Crippen molar-refractivity contribution in [1.29, 1.82) is 0 Å². The van der Waals surface area contributed by atoms with Crippen molar-refractivity contribution in [2.45, 2.75) is 43.8 Å². The topological polar surface area (TPSA) is 54.5 Å². The Hall–Kier alpha value is -0.880. The first kappa shape index (κ1) is 16.0. The molecule has 22 heavy (non-hydrogen) atoms. The van der Waals surface area contributed by atoms with E-state index in [1.807, 2.05) is 17.5 Å². The van der Waals surface area contributed by atoms with Gasteiger partial charge >= 0.3 is 0 Å². The van der Waals surface area contributed by atoms with Crippen LogP contribution in [0.25, 0.3) is 0 Å². The zero-order valence-corrected chi connectivity index (χ0v) is 14.4. The van der Waals surface area contributed by atoms with Crippen LogP contribution in [0.4, 0.5) is 0 Å². The van der Waals surface area contributed by atoms with Crippen LogP contribution in [0.2, 0.25) is 0 Å². The van der Waals surface area contributed by atoms with Crippen LogP contribution in [0.15, 0.2) is 17.5 Å². The van der Waals surface area contributed by atoms with Crippen molar-refractivity contribution < 1.29 is 13.2 Å². The van der Waals surface area contributed by atoms with Crippen molar-refractivity contribution in [3.05, 3.63) is 22.4 Å². The third-order valence-electron chi connectivity index (χ3n) is 4.89. The minimum absolute atomic E-state index is 0.0893. The first-order valence-corrected chi connectivity index (χ1v) is 10.7. The molecule has 1 atom stereocenters. The zero-order valence-electron chi connectivity index (χ0n) is 12.7. The maximum atomic E-state index is 12.5. The molecule has 2 aliphatic rings. The predicted octanol–water partition coefficient (Wildman–Crippen LogP) is 3.02. The summed E-state index contributed by atoms with van der Waals surface area (Å²) in [5.74, 6) is 0.751. The average Bonchev–Trinajstić information content (AvgIpc) is 3.13. The van der Waals surface area contributed by atoms with E-state index in [1.54, 1.807) is 4.90 Å². The molecule has 0 N–H and O–H groups in total. The summed E-state index contributed by atoms with van der Waals surface area (Å²) >= 11 is 1.49. The lowest BCUT2D eigenvalue weighted by molar-refractivity contribution is -0.131. The van der Waals surface area contributed by atoms with Gasteiger partial charge in [0.05, 0.1) is 11.0 Å². The molecule has 0 aromatic carbocycles. The molecule has 0 bridgehead atoms. The van der Waals surface area contributed by atoms with Gasteiger partial charge in [0.25, 0.3) is 0 Å². The monoisotopic (exact) mass is 341 g/mol. The molecule has 0 radical (unpaired) electrons. The minimum atomic E-state index is -3.16. The fourth-order valence-corrected chi connectivity index (χ4v) is 6.58. The van der Waals surface area contributed by atoms with Gasteiger partial charge in [-0.3, -0.25) is 4.79 Å². The van der Waals surface area contributed by atoms with Crippen molar-refractivity contribution in [1.82, 2.24) is 4.90 Å². The van der Waals surface area contributed by atoms with Crippen LogP contribution < -0.4 is 0 Å². The number of amides is 1. The van der Waals surface area contributed by atoms with Crippen LogP contribution in [0.5, 0.6) is 0 Å². The van der Waals surface area contributed by atoms with Crippen molar-refractivity contribution in [3.8, 4) is 0 Å². The van der Waals surface area contributed by atoms with E-state index >= 15 is 0 Å². The SMILES string of the molecule is O=C(CC1CCCC1)N1CCC(c2cccs2)S(=O)(=O)CC1. The molecule has 2 fully saturated rings. The summed E-state index contributed by atoms with van der Waals surface area (Å²) in [7, 11) is -3.16. The van der Waals surface area contributed by atoms with Crippen molar-refractivity contribution in [2.75, 3.05) is 18.8 Å². The highest BCUT2D eigenvalue weighted by Gasteiger charge is 2.33. The smallest absolute Gasteiger partial charge is 0.222 e. The van der Waals surface area contributed by atoms with Gasteiger partial charge in [-0.15, -0.1) is 11.3 Å². The molecule has 1 aliphatic heterocycles. The molecule has 122 valence electrons. The van der Waals surface area contributed by atoms with Gasteiger partial charge < -0.3 is 4.90 Å². The number of carbonyl (C=O) groups is 1. The Morgan fingerprint density at radius 3 is 2.68 bits per heavy atom. The van der Waals surface area contributed by atoms with Crippen LogP contribution >= 0.6 is 11.3 Å². The highest BCUT2D eigenvalue weighted by Crippen LogP contribution is 2.33. The average molecular weight is 341 g/mol. The normalized spacial score (nSPS) is 26.0. The van der Waals surface area contributed by atoms with Crippen LogP contribution in [0, 0.1) is 5.92 Å². The number of carbonyl (C=O) groups excluding carboxylic acids is 1. The fraction of sp³-hybridized carbons (Fsp3) is 0.688. The Kier molecular flexibility index (Phi) is 4.88. The van der Waals surface area contributed by atoms with Gasteiger partial charge in [-0.1, -0.05) is 18.9 Å². The van der Waals surface area contributed by atoms with E-state index in [0.717, 1.165) is 17.7 Å². The van der Waals surface area contributed by atoms with E-state index in [-0.39, 0.29) is 11.7 Å². The third kappa shape index (κ3) is 3.54. The number of hydrogen-bond acceptors (Lipinski definition) is 4. The Balaban J connectivity index is 1.66. The van der Waals surface area contributed by atoms with Crippen LogP contribution in [0.1, 0.15) is 48.7 Å². The first-order chi connectivity index (χ1) is 10.6. The highest BCUT2D eigenvalue weighted by molar-refractivity contribution is 7.91. The van der Waals surface area contributed by atoms with E-state index in [4.69, 9.17) is 0 Å². The minimum Gasteiger partial charge on any atom is -0.342 e. The number of nitrogens with zero attached hydrogens (tertiary/aromatic N) is 1. The van der Waals surface area contributed by atoms with Gasteiger partial charge in [0.2, 0.25) is 5.91 Å². The molecule has 1 aromatic heterocycles. The summed E-state index contributed by atoms with van der Waals surface area (Å²) in [6, 6.07) is 3.78. The van der Waals surface area contributed by atoms with Crippen molar-refractivity contribution >= 4 is 27.1 Å². The quantitative estimate of drug-likeness (QED) is 0.849. The summed E-state index contributed by atoms with van der Waals surface area (Å²) in [6.07, 6.45) is 5.88. The second-order valence-corrected chi connectivity index (χ2v) is 9.68. The molecule has 0 spiro atoms. The van der Waals surface area contributed by atoms with Crippen LogP contribution in [-0.4, -0.2) is 38.1 Å². The largest absolute Gasteiger partial charge is 0.342 e. The molecule has 1 unspecified atom stereocenters. The Labute approximate surface area is 136 Å². The van der Waals surface area contributed by atoms with Gasteiger partial charge in [-0.25, -0.2) is 8.42 Å². The van der Waals surface area contributed by atoms with E-state index in [2.05, 4.69) is 0 Å². The molecular formula is C16H23NO3S2. The zero-order chi connectivity index (χ0) is 15.6. The number of sulfone groups is 1. The maximum Gasteiger partial charge on any atom is 0.222 e. The van der Waals surface area contributed by atoms with E-state index < -0.39 is 15.1 Å². The summed E-state index contributed by atoms with van der Waals surface area (Å²) in [5, 5.41) is 1.48. The molecule has 2 heterocycles. The summed E-state index contributed by atoms with van der Waals surface area (Å²) in [5.41, 5.74) is 0. The molecule has 3 rings (SSSR count).